The average Bonchev–Trinajstić information content (AvgIpc) is 2.37. The van der Waals surface area contributed by atoms with Crippen molar-refractivity contribution in [3.05, 3.63) is 12.2 Å². The van der Waals surface area contributed by atoms with Crippen molar-refractivity contribution in [2.24, 2.45) is 11.8 Å². The topological polar surface area (TPSA) is 40.5 Å². The summed E-state index contributed by atoms with van der Waals surface area (Å²) in [6.45, 7) is 0. The Labute approximate surface area is 53.8 Å². The lowest BCUT2D eigenvalue weighted by Gasteiger charge is -2.17. The molecule has 2 nitrogen and oxygen atoms in total. The molecule has 2 bridgehead atoms. The standard InChI is InChI=1S/C7H10O2/c8-6-4-1-2-5(3-4)7(6)9/h1-2,4-9H,3H2/t4-,5-,6-,7+/m1/s1. The van der Waals surface area contributed by atoms with E-state index in [9.17, 15) is 10.2 Å². The van der Waals surface area contributed by atoms with E-state index in [4.69, 9.17) is 0 Å². The van der Waals surface area contributed by atoms with Crippen LogP contribution in [0.25, 0.3) is 0 Å². The normalized spacial score (nSPS) is 54.9. The number of fused-ring (bicyclic) bond motifs is 2. The van der Waals surface area contributed by atoms with Crippen molar-refractivity contribution >= 4 is 0 Å². The van der Waals surface area contributed by atoms with Crippen molar-refractivity contribution in [1.29, 1.82) is 0 Å². The van der Waals surface area contributed by atoms with E-state index >= 15 is 0 Å². The summed E-state index contributed by atoms with van der Waals surface area (Å²) in [5, 5.41) is 18.4. The molecule has 0 heterocycles. The fourth-order valence-electron chi connectivity index (χ4n) is 1.77. The van der Waals surface area contributed by atoms with Gasteiger partial charge in [-0.2, -0.15) is 0 Å². The Hall–Kier alpha value is -0.340. The van der Waals surface area contributed by atoms with E-state index in [1.807, 2.05) is 12.2 Å². The summed E-state index contributed by atoms with van der Waals surface area (Å²) in [6, 6.07) is 0. The Morgan fingerprint density at radius 1 is 1.00 bits per heavy atom. The fraction of sp³-hybridized carbons (Fsp3) is 0.714. The van der Waals surface area contributed by atoms with Crippen LogP contribution in [0, 0.1) is 11.8 Å². The summed E-state index contributed by atoms with van der Waals surface area (Å²) in [5.41, 5.74) is 0. The molecule has 0 saturated heterocycles. The largest absolute Gasteiger partial charge is 0.390 e. The zero-order valence-corrected chi connectivity index (χ0v) is 5.07. The predicted molar refractivity (Wildman–Crippen MR) is 32.8 cm³/mol. The monoisotopic (exact) mass is 126 g/mol. The lowest BCUT2D eigenvalue weighted by molar-refractivity contribution is 0.0135. The molecule has 0 unspecified atom stereocenters. The molecule has 50 valence electrons. The van der Waals surface area contributed by atoms with Crippen molar-refractivity contribution in [3.63, 3.8) is 0 Å². The Bertz CT molecular complexity index is 137. The third kappa shape index (κ3) is 0.575. The Kier molecular flexibility index (Phi) is 0.957. The maximum absolute atomic E-state index is 9.19. The van der Waals surface area contributed by atoms with Crippen molar-refractivity contribution in [3.8, 4) is 0 Å². The molecular weight excluding hydrogens is 116 g/mol. The quantitative estimate of drug-likeness (QED) is 0.445. The smallest absolute Gasteiger partial charge is 0.0867 e. The van der Waals surface area contributed by atoms with Crippen LogP contribution < -0.4 is 0 Å². The second kappa shape index (κ2) is 1.58. The molecule has 1 saturated carbocycles. The first-order valence-corrected chi connectivity index (χ1v) is 3.33. The molecule has 2 heteroatoms. The van der Waals surface area contributed by atoms with E-state index in [-0.39, 0.29) is 11.8 Å². The maximum atomic E-state index is 9.19. The van der Waals surface area contributed by atoms with E-state index in [0.717, 1.165) is 6.42 Å². The van der Waals surface area contributed by atoms with Gasteiger partial charge in [0, 0.05) is 11.8 Å². The third-order valence-electron chi connectivity index (χ3n) is 2.38. The molecule has 0 aliphatic heterocycles. The second-order valence-corrected chi connectivity index (χ2v) is 2.93. The van der Waals surface area contributed by atoms with Crippen LogP contribution in [0.2, 0.25) is 0 Å². The number of hydrogen-bond donors (Lipinski definition) is 2. The number of rotatable bonds is 0. The average molecular weight is 126 g/mol. The van der Waals surface area contributed by atoms with Crippen LogP contribution >= 0.6 is 0 Å². The van der Waals surface area contributed by atoms with Gasteiger partial charge < -0.3 is 10.2 Å². The zero-order chi connectivity index (χ0) is 6.43. The summed E-state index contributed by atoms with van der Waals surface area (Å²) >= 11 is 0. The number of aliphatic hydroxyl groups excluding tert-OH is 2. The minimum absolute atomic E-state index is 0.241. The van der Waals surface area contributed by atoms with Crippen molar-refractivity contribution in [2.75, 3.05) is 0 Å². The Balaban J connectivity index is 2.26. The maximum Gasteiger partial charge on any atom is 0.0867 e. The van der Waals surface area contributed by atoms with Crippen LogP contribution in [-0.2, 0) is 0 Å². The first-order valence-electron chi connectivity index (χ1n) is 3.33. The van der Waals surface area contributed by atoms with Crippen molar-refractivity contribution in [2.45, 2.75) is 18.6 Å². The molecule has 0 radical (unpaired) electrons. The van der Waals surface area contributed by atoms with Gasteiger partial charge in [-0.05, 0) is 6.42 Å². The van der Waals surface area contributed by atoms with Gasteiger partial charge >= 0.3 is 0 Å². The van der Waals surface area contributed by atoms with Gasteiger partial charge in [-0.25, -0.2) is 0 Å². The fourth-order valence-corrected chi connectivity index (χ4v) is 1.77. The molecule has 2 aliphatic carbocycles. The molecule has 0 amide bonds. The van der Waals surface area contributed by atoms with Gasteiger partial charge in [0.15, 0.2) is 0 Å². The van der Waals surface area contributed by atoms with Gasteiger partial charge in [0.05, 0.1) is 12.2 Å². The van der Waals surface area contributed by atoms with Gasteiger partial charge in [0.25, 0.3) is 0 Å². The summed E-state index contributed by atoms with van der Waals surface area (Å²) in [5.74, 6) is 0.481. The second-order valence-electron chi connectivity index (χ2n) is 2.93. The van der Waals surface area contributed by atoms with Crippen LogP contribution in [0.4, 0.5) is 0 Å². The summed E-state index contributed by atoms with van der Waals surface area (Å²) in [7, 11) is 0. The summed E-state index contributed by atoms with van der Waals surface area (Å²) in [4.78, 5) is 0. The highest BCUT2D eigenvalue weighted by Gasteiger charge is 2.42. The molecule has 0 aromatic carbocycles. The molecular formula is C7H10O2. The van der Waals surface area contributed by atoms with Crippen LogP contribution in [-0.4, -0.2) is 22.4 Å². The van der Waals surface area contributed by atoms with Crippen molar-refractivity contribution in [1.82, 2.24) is 0 Å². The first-order chi connectivity index (χ1) is 4.29. The van der Waals surface area contributed by atoms with E-state index < -0.39 is 12.2 Å². The molecule has 2 aliphatic rings. The molecule has 0 aromatic heterocycles. The van der Waals surface area contributed by atoms with E-state index in [1.165, 1.54) is 0 Å². The number of aliphatic hydroxyl groups is 2. The highest BCUT2D eigenvalue weighted by molar-refractivity contribution is 5.14. The van der Waals surface area contributed by atoms with Gasteiger partial charge in [0.2, 0.25) is 0 Å². The number of hydrogen-bond acceptors (Lipinski definition) is 2. The van der Waals surface area contributed by atoms with Gasteiger partial charge in [-0.15, -0.1) is 0 Å². The molecule has 2 N–H and O–H groups in total. The lowest BCUT2D eigenvalue weighted by Crippen LogP contribution is -2.29. The molecule has 9 heavy (non-hydrogen) atoms. The SMILES string of the molecule is O[C@@H]1[C@H](O)[C@@H]2C=C[C@@H]1C2. The molecule has 1 fully saturated rings. The van der Waals surface area contributed by atoms with Crippen molar-refractivity contribution < 1.29 is 10.2 Å². The molecule has 4 atom stereocenters. The molecule has 0 aromatic rings. The highest BCUT2D eigenvalue weighted by atomic mass is 16.3. The van der Waals surface area contributed by atoms with Gasteiger partial charge in [0.1, 0.15) is 0 Å². The molecule has 2 rings (SSSR count). The minimum atomic E-state index is -0.486. The van der Waals surface area contributed by atoms with Crippen LogP contribution in [0.15, 0.2) is 12.2 Å². The third-order valence-corrected chi connectivity index (χ3v) is 2.38. The summed E-state index contributed by atoms with van der Waals surface area (Å²) in [6.07, 6.45) is 3.98. The summed E-state index contributed by atoms with van der Waals surface area (Å²) < 4.78 is 0. The Morgan fingerprint density at radius 3 is 1.67 bits per heavy atom. The van der Waals surface area contributed by atoms with Gasteiger partial charge in [-0.3, -0.25) is 0 Å². The highest BCUT2D eigenvalue weighted by Crippen LogP contribution is 2.38. The van der Waals surface area contributed by atoms with Crippen LogP contribution in [0.5, 0.6) is 0 Å². The minimum Gasteiger partial charge on any atom is -0.390 e. The van der Waals surface area contributed by atoms with E-state index in [0.29, 0.717) is 0 Å². The van der Waals surface area contributed by atoms with Crippen LogP contribution in [0.3, 0.4) is 0 Å². The first kappa shape index (κ1) is 5.45. The van der Waals surface area contributed by atoms with Crippen LogP contribution in [0.1, 0.15) is 6.42 Å². The predicted octanol–water partition coefficient (Wildman–Crippen LogP) is -0.0859. The van der Waals surface area contributed by atoms with E-state index in [1.54, 1.807) is 0 Å². The molecule has 0 spiro atoms. The van der Waals surface area contributed by atoms with Gasteiger partial charge in [-0.1, -0.05) is 12.2 Å². The lowest BCUT2D eigenvalue weighted by atomic mass is 10.0. The van der Waals surface area contributed by atoms with E-state index in [2.05, 4.69) is 0 Å². The zero-order valence-electron chi connectivity index (χ0n) is 5.07. The Morgan fingerprint density at radius 2 is 1.44 bits per heavy atom.